The van der Waals surface area contributed by atoms with Crippen LogP contribution >= 0.6 is 0 Å². The van der Waals surface area contributed by atoms with Crippen molar-refractivity contribution in [1.82, 2.24) is 19.0 Å². The van der Waals surface area contributed by atoms with Gasteiger partial charge in [0.1, 0.15) is 6.07 Å². The van der Waals surface area contributed by atoms with Gasteiger partial charge in [0.25, 0.3) is 5.91 Å². The molecule has 1 aliphatic heterocycles. The van der Waals surface area contributed by atoms with Gasteiger partial charge in [-0.05, 0) is 31.5 Å². The Kier molecular flexibility index (Phi) is 6.31. The van der Waals surface area contributed by atoms with Gasteiger partial charge in [-0.25, -0.2) is 8.42 Å². The minimum absolute atomic E-state index is 0.00107. The number of rotatable bonds is 5. The Balaban J connectivity index is 1.49. The van der Waals surface area contributed by atoms with E-state index in [0.717, 1.165) is 11.3 Å². The van der Waals surface area contributed by atoms with Crippen molar-refractivity contribution < 1.29 is 13.2 Å². The molecule has 2 aromatic carbocycles. The molecule has 0 radical (unpaired) electrons. The quantitative estimate of drug-likeness (QED) is 0.579. The number of piperazine rings is 1. The van der Waals surface area contributed by atoms with Crippen LogP contribution in [0.3, 0.4) is 0 Å². The number of nitriles is 1. The van der Waals surface area contributed by atoms with Crippen molar-refractivity contribution in [2.24, 2.45) is 0 Å². The van der Waals surface area contributed by atoms with Gasteiger partial charge in [0.15, 0.2) is 0 Å². The summed E-state index contributed by atoms with van der Waals surface area (Å²) in [5.41, 5.74) is 3.23. The zero-order chi connectivity index (χ0) is 23.6. The summed E-state index contributed by atoms with van der Waals surface area (Å²) in [5, 5.41) is 13.8. The number of hydrogen-bond acceptors (Lipinski definition) is 5. The summed E-state index contributed by atoms with van der Waals surface area (Å²) < 4.78 is 29.3. The van der Waals surface area contributed by atoms with Crippen LogP contribution in [0, 0.1) is 25.2 Å². The Hall–Kier alpha value is -3.48. The molecule has 8 nitrogen and oxygen atoms in total. The molecule has 33 heavy (non-hydrogen) atoms. The number of amides is 1. The van der Waals surface area contributed by atoms with E-state index in [1.54, 1.807) is 17.0 Å². The highest BCUT2D eigenvalue weighted by Gasteiger charge is 2.33. The molecule has 0 unspecified atom stereocenters. The molecule has 0 atom stereocenters. The third-order valence-electron chi connectivity index (χ3n) is 5.92. The molecule has 0 aliphatic carbocycles. The van der Waals surface area contributed by atoms with Crippen LogP contribution < -0.4 is 0 Å². The lowest BCUT2D eigenvalue weighted by molar-refractivity contribution is 0.0696. The monoisotopic (exact) mass is 463 g/mol. The van der Waals surface area contributed by atoms with Crippen LogP contribution in [0.2, 0.25) is 0 Å². The Morgan fingerprint density at radius 1 is 1.00 bits per heavy atom. The van der Waals surface area contributed by atoms with Crippen molar-refractivity contribution in [3.05, 3.63) is 82.7 Å². The molecule has 0 bridgehead atoms. The molecule has 9 heteroatoms. The van der Waals surface area contributed by atoms with E-state index in [1.165, 1.54) is 16.4 Å². The summed E-state index contributed by atoms with van der Waals surface area (Å²) in [7, 11) is -3.81. The van der Waals surface area contributed by atoms with Gasteiger partial charge >= 0.3 is 0 Å². The van der Waals surface area contributed by atoms with Gasteiger partial charge in [0, 0.05) is 31.9 Å². The van der Waals surface area contributed by atoms with Crippen LogP contribution in [0.4, 0.5) is 0 Å². The first kappa shape index (κ1) is 22.7. The highest BCUT2D eigenvalue weighted by atomic mass is 32.2. The second-order valence-electron chi connectivity index (χ2n) is 7.99. The molecule has 0 saturated carbocycles. The molecule has 2 heterocycles. The van der Waals surface area contributed by atoms with E-state index in [4.69, 9.17) is 0 Å². The number of carbonyl (C=O) groups excluding carboxylic acids is 1. The van der Waals surface area contributed by atoms with Crippen LogP contribution in [0.1, 0.15) is 32.9 Å². The largest absolute Gasteiger partial charge is 0.336 e. The fourth-order valence-electron chi connectivity index (χ4n) is 4.13. The second kappa shape index (κ2) is 9.17. The molecule has 1 aliphatic rings. The molecule has 4 rings (SSSR count). The number of benzene rings is 2. The molecule has 0 spiro atoms. The van der Waals surface area contributed by atoms with E-state index >= 15 is 0 Å². The topological polar surface area (TPSA) is 99.3 Å². The molecule has 170 valence electrons. The third-order valence-corrected chi connectivity index (χ3v) is 7.88. The van der Waals surface area contributed by atoms with Gasteiger partial charge in [-0.1, -0.05) is 42.5 Å². The number of sulfonamides is 1. The van der Waals surface area contributed by atoms with E-state index < -0.39 is 10.0 Å². The highest BCUT2D eigenvalue weighted by Crippen LogP contribution is 2.23. The van der Waals surface area contributed by atoms with Crippen LogP contribution in [0.5, 0.6) is 0 Å². The van der Waals surface area contributed by atoms with E-state index in [9.17, 15) is 18.5 Å². The number of aromatic nitrogens is 2. The number of hydrogen-bond donors (Lipinski definition) is 0. The molecule has 1 fully saturated rings. The van der Waals surface area contributed by atoms with Gasteiger partial charge in [-0.3, -0.25) is 9.48 Å². The Morgan fingerprint density at radius 2 is 1.64 bits per heavy atom. The Labute approximate surface area is 193 Å². The smallest absolute Gasteiger partial charge is 0.257 e. The highest BCUT2D eigenvalue weighted by molar-refractivity contribution is 7.89. The van der Waals surface area contributed by atoms with Gasteiger partial charge in [-0.15, -0.1) is 0 Å². The predicted octanol–water partition coefficient (Wildman–Crippen LogP) is 2.57. The summed E-state index contributed by atoms with van der Waals surface area (Å²) in [6, 6.07) is 18.0. The van der Waals surface area contributed by atoms with Crippen molar-refractivity contribution in [3.63, 3.8) is 0 Å². The third kappa shape index (κ3) is 4.40. The summed E-state index contributed by atoms with van der Waals surface area (Å²) >= 11 is 0. The number of aryl methyl sites for hydroxylation is 1. The second-order valence-corrected chi connectivity index (χ2v) is 9.90. The lowest BCUT2D eigenvalue weighted by Crippen LogP contribution is -2.50. The number of carbonyl (C=O) groups is 1. The van der Waals surface area contributed by atoms with Gasteiger partial charge in [-0.2, -0.15) is 14.7 Å². The van der Waals surface area contributed by atoms with E-state index in [0.29, 0.717) is 17.8 Å². The molecular weight excluding hydrogens is 438 g/mol. The fourth-order valence-corrected chi connectivity index (χ4v) is 5.69. The van der Waals surface area contributed by atoms with Gasteiger partial charge in [0.2, 0.25) is 10.0 Å². The summed E-state index contributed by atoms with van der Waals surface area (Å²) in [6.45, 7) is 5.17. The molecular formula is C24H25N5O3S. The van der Waals surface area contributed by atoms with Gasteiger partial charge < -0.3 is 4.90 Å². The number of nitrogens with zero attached hydrogens (tertiary/aromatic N) is 5. The first-order valence-corrected chi connectivity index (χ1v) is 12.1. The maximum absolute atomic E-state index is 13.3. The minimum atomic E-state index is -3.81. The van der Waals surface area contributed by atoms with Crippen molar-refractivity contribution in [2.45, 2.75) is 25.3 Å². The molecule has 1 aromatic heterocycles. The lowest BCUT2D eigenvalue weighted by atomic mass is 10.1. The van der Waals surface area contributed by atoms with Crippen molar-refractivity contribution in [1.29, 1.82) is 5.26 Å². The van der Waals surface area contributed by atoms with Crippen molar-refractivity contribution >= 4 is 15.9 Å². The zero-order valence-corrected chi connectivity index (χ0v) is 19.4. The average molecular weight is 464 g/mol. The average Bonchev–Trinajstić information content (AvgIpc) is 3.11. The minimum Gasteiger partial charge on any atom is -0.336 e. The van der Waals surface area contributed by atoms with Crippen LogP contribution in [0.15, 0.2) is 59.5 Å². The Bertz CT molecular complexity index is 1320. The zero-order valence-electron chi connectivity index (χ0n) is 18.6. The maximum atomic E-state index is 13.3. The summed E-state index contributed by atoms with van der Waals surface area (Å²) in [6.07, 6.45) is 0. The van der Waals surface area contributed by atoms with E-state index in [-0.39, 0.29) is 42.5 Å². The van der Waals surface area contributed by atoms with E-state index in [1.807, 2.05) is 54.9 Å². The van der Waals surface area contributed by atoms with Crippen LogP contribution in [0.25, 0.3) is 0 Å². The molecule has 1 amide bonds. The van der Waals surface area contributed by atoms with Crippen LogP contribution in [-0.2, 0) is 16.6 Å². The first-order valence-electron chi connectivity index (χ1n) is 10.7. The van der Waals surface area contributed by atoms with Gasteiger partial charge in [0.05, 0.1) is 28.3 Å². The SMILES string of the molecule is Cc1nn(Cc2ccccc2)c(C)c1C(=O)N1CCN(S(=O)(=O)c2ccccc2C#N)CC1. The van der Waals surface area contributed by atoms with E-state index in [2.05, 4.69) is 5.10 Å². The summed E-state index contributed by atoms with van der Waals surface area (Å²) in [4.78, 5) is 15.0. The van der Waals surface area contributed by atoms with Crippen LogP contribution in [-0.4, -0.2) is 59.5 Å². The maximum Gasteiger partial charge on any atom is 0.257 e. The molecule has 3 aromatic rings. The van der Waals surface area contributed by atoms with Crippen molar-refractivity contribution in [3.8, 4) is 6.07 Å². The fraction of sp³-hybridized carbons (Fsp3) is 0.292. The normalized spacial score (nSPS) is 14.8. The molecule has 1 saturated heterocycles. The summed E-state index contributed by atoms with van der Waals surface area (Å²) in [5.74, 6) is -0.140. The predicted molar refractivity (Wildman–Crippen MR) is 123 cm³/mol. The Morgan fingerprint density at radius 3 is 2.30 bits per heavy atom. The first-order chi connectivity index (χ1) is 15.8. The lowest BCUT2D eigenvalue weighted by Gasteiger charge is -2.34. The van der Waals surface area contributed by atoms with Crippen molar-refractivity contribution in [2.75, 3.05) is 26.2 Å². The standard InChI is InChI=1S/C24H25N5O3S/c1-18-23(19(2)29(26-18)17-20-8-4-3-5-9-20)24(30)27-12-14-28(15-13-27)33(31,32)22-11-7-6-10-21(22)16-25/h3-11H,12-15,17H2,1-2H3. The molecule has 0 N–H and O–H groups in total.